The summed E-state index contributed by atoms with van der Waals surface area (Å²) in [6, 6.07) is 7.50. The highest BCUT2D eigenvalue weighted by Crippen LogP contribution is 2.23. The summed E-state index contributed by atoms with van der Waals surface area (Å²) >= 11 is 0. The van der Waals surface area contributed by atoms with Gasteiger partial charge in [0.2, 0.25) is 0 Å². The second kappa shape index (κ2) is 9.52. The number of anilines is 3. The van der Waals surface area contributed by atoms with Crippen molar-refractivity contribution in [2.45, 2.75) is 46.1 Å². The van der Waals surface area contributed by atoms with Gasteiger partial charge >= 0.3 is 0 Å². The Labute approximate surface area is 170 Å². The minimum Gasteiger partial charge on any atom is -0.396 e. The van der Waals surface area contributed by atoms with E-state index in [1.807, 2.05) is 32.0 Å². The second-order valence-electron chi connectivity index (χ2n) is 7.44. The van der Waals surface area contributed by atoms with Crippen LogP contribution in [0.2, 0.25) is 0 Å². The van der Waals surface area contributed by atoms with Gasteiger partial charge < -0.3 is 20.7 Å². The fourth-order valence-electron chi connectivity index (χ4n) is 3.57. The van der Waals surface area contributed by atoms with Crippen LogP contribution < -0.4 is 16.6 Å². The first-order chi connectivity index (χ1) is 14.0. The van der Waals surface area contributed by atoms with Gasteiger partial charge in [0.1, 0.15) is 17.5 Å². The Kier molecular flexibility index (Phi) is 6.82. The third kappa shape index (κ3) is 5.12. The molecule has 4 rings (SSSR count). The predicted molar refractivity (Wildman–Crippen MR) is 117 cm³/mol. The third-order valence-electron chi connectivity index (χ3n) is 5.23. The highest BCUT2D eigenvalue weighted by molar-refractivity contribution is 5.92. The van der Waals surface area contributed by atoms with E-state index < -0.39 is 0 Å². The van der Waals surface area contributed by atoms with Crippen molar-refractivity contribution in [3.05, 3.63) is 52.6 Å². The van der Waals surface area contributed by atoms with Gasteiger partial charge in [0.15, 0.2) is 0 Å². The number of aromatic nitrogens is 3. The average Bonchev–Trinajstić information content (AvgIpc) is 3.22. The van der Waals surface area contributed by atoms with E-state index in [4.69, 9.17) is 10.8 Å². The summed E-state index contributed by atoms with van der Waals surface area (Å²) in [4.78, 5) is 20.8. The van der Waals surface area contributed by atoms with Crippen LogP contribution in [-0.4, -0.2) is 26.2 Å². The molecule has 7 nitrogen and oxygen atoms in total. The molecule has 0 atom stereocenters. The fourth-order valence-corrected chi connectivity index (χ4v) is 3.57. The van der Waals surface area contributed by atoms with Crippen LogP contribution in [0, 0.1) is 12.8 Å². The zero-order valence-corrected chi connectivity index (χ0v) is 17.1. The number of nitrogen functional groups attached to an aromatic ring is 1. The quantitative estimate of drug-likeness (QED) is 0.623. The normalized spacial score (nSPS) is 13.9. The molecule has 3 aromatic rings. The number of aryl methyl sites for hydroxylation is 2. The number of aliphatic hydroxyl groups is 1. The first-order valence-corrected chi connectivity index (χ1v) is 10.1. The van der Waals surface area contributed by atoms with Crippen LogP contribution in [0.4, 0.5) is 17.5 Å². The number of nitrogens with one attached hydrogen (secondary N) is 1. The molecular weight excluding hydrogens is 366 g/mol. The van der Waals surface area contributed by atoms with Crippen molar-refractivity contribution >= 4 is 28.2 Å². The zero-order chi connectivity index (χ0) is 20.8. The highest BCUT2D eigenvalue weighted by atomic mass is 16.3. The summed E-state index contributed by atoms with van der Waals surface area (Å²) in [5.41, 5.74) is 6.95. The number of hydrogen-bond acceptors (Lipinski definition) is 6. The van der Waals surface area contributed by atoms with Crippen LogP contribution in [0.1, 0.15) is 38.2 Å². The van der Waals surface area contributed by atoms with Gasteiger partial charge in [-0.25, -0.2) is 9.97 Å². The van der Waals surface area contributed by atoms with Gasteiger partial charge in [-0.15, -0.1) is 0 Å². The monoisotopic (exact) mass is 395 g/mol. The minimum absolute atomic E-state index is 0.120. The van der Waals surface area contributed by atoms with Crippen molar-refractivity contribution in [1.29, 1.82) is 0 Å². The average molecular weight is 396 g/mol. The smallest absolute Gasteiger partial charge is 0.262 e. The molecule has 0 amide bonds. The Morgan fingerprint density at radius 3 is 2.62 bits per heavy atom. The van der Waals surface area contributed by atoms with E-state index in [9.17, 15) is 4.79 Å². The Morgan fingerprint density at radius 2 is 2.00 bits per heavy atom. The van der Waals surface area contributed by atoms with Crippen LogP contribution in [0.15, 0.2) is 41.5 Å². The Morgan fingerprint density at radius 1 is 1.24 bits per heavy atom. The largest absolute Gasteiger partial charge is 0.396 e. The third-order valence-corrected chi connectivity index (χ3v) is 5.23. The second-order valence-corrected chi connectivity index (χ2v) is 7.44. The van der Waals surface area contributed by atoms with Gasteiger partial charge in [-0.1, -0.05) is 12.8 Å². The van der Waals surface area contributed by atoms with Gasteiger partial charge in [0.05, 0.1) is 5.39 Å². The lowest BCUT2D eigenvalue weighted by molar-refractivity contribution is 0.230. The van der Waals surface area contributed by atoms with E-state index in [-0.39, 0.29) is 11.4 Å². The van der Waals surface area contributed by atoms with Crippen LogP contribution in [0.25, 0.3) is 10.8 Å². The number of fused-ring (bicyclic) bond motifs is 1. The number of pyridine rings is 3. The molecular formula is C22H29N5O2. The zero-order valence-electron chi connectivity index (χ0n) is 17.1. The Hall–Kier alpha value is -2.93. The van der Waals surface area contributed by atoms with Crippen molar-refractivity contribution in [1.82, 2.24) is 14.5 Å². The van der Waals surface area contributed by atoms with Crippen molar-refractivity contribution < 1.29 is 5.11 Å². The molecule has 3 aromatic heterocycles. The highest BCUT2D eigenvalue weighted by Gasteiger charge is 2.12. The fraction of sp³-hybridized carbons (Fsp3) is 0.409. The maximum Gasteiger partial charge on any atom is 0.262 e. The van der Waals surface area contributed by atoms with E-state index in [1.54, 1.807) is 23.0 Å². The lowest BCUT2D eigenvalue weighted by Crippen LogP contribution is -2.19. The number of nitrogens with zero attached hydrogens (tertiary/aromatic N) is 3. The predicted octanol–water partition coefficient (Wildman–Crippen LogP) is 3.61. The van der Waals surface area contributed by atoms with Gasteiger partial charge in [-0.2, -0.15) is 0 Å². The van der Waals surface area contributed by atoms with Crippen molar-refractivity contribution in [3.63, 3.8) is 0 Å². The molecule has 0 radical (unpaired) electrons. The maximum absolute atomic E-state index is 12.3. The molecule has 0 bridgehead atoms. The number of hydrogen-bond donors (Lipinski definition) is 3. The first-order valence-electron chi connectivity index (χ1n) is 10.1. The molecule has 29 heavy (non-hydrogen) atoms. The topological polar surface area (TPSA) is 106 Å². The minimum atomic E-state index is -0.120. The van der Waals surface area contributed by atoms with E-state index in [0.29, 0.717) is 36.1 Å². The molecule has 1 aliphatic carbocycles. The first kappa shape index (κ1) is 20.8. The summed E-state index contributed by atoms with van der Waals surface area (Å²) < 4.78 is 1.61. The Bertz CT molecular complexity index is 1030. The van der Waals surface area contributed by atoms with E-state index in [2.05, 4.69) is 15.3 Å². The summed E-state index contributed by atoms with van der Waals surface area (Å²) in [6.07, 6.45) is 8.68. The van der Waals surface area contributed by atoms with E-state index in [0.717, 1.165) is 10.9 Å². The van der Waals surface area contributed by atoms with Crippen LogP contribution in [0.3, 0.4) is 0 Å². The van der Waals surface area contributed by atoms with E-state index >= 15 is 0 Å². The molecule has 0 unspecified atom stereocenters. The van der Waals surface area contributed by atoms with E-state index in [1.165, 1.54) is 25.7 Å². The summed E-state index contributed by atoms with van der Waals surface area (Å²) in [6.45, 7) is 4.92. The lowest BCUT2D eigenvalue weighted by atomic mass is 10.1. The number of aliphatic hydroxyl groups excluding tert-OH is 1. The van der Waals surface area contributed by atoms with Crippen molar-refractivity contribution in [2.75, 3.05) is 17.7 Å². The van der Waals surface area contributed by atoms with Gasteiger partial charge in [0, 0.05) is 25.5 Å². The molecule has 0 saturated heterocycles. The molecule has 7 heteroatoms. The SMILES string of the molecule is CCn1ccc2cc(Nc3cc(C)ccn3)nc(N)c2c1=O.OCC1CCCC1. The molecule has 1 fully saturated rings. The van der Waals surface area contributed by atoms with Crippen molar-refractivity contribution in [2.24, 2.45) is 5.92 Å². The lowest BCUT2D eigenvalue weighted by Gasteiger charge is -2.10. The van der Waals surface area contributed by atoms with Gasteiger partial charge in [-0.3, -0.25) is 4.79 Å². The molecule has 0 aromatic carbocycles. The number of rotatable bonds is 4. The summed E-state index contributed by atoms with van der Waals surface area (Å²) in [5.74, 6) is 2.13. The van der Waals surface area contributed by atoms with Crippen LogP contribution >= 0.6 is 0 Å². The molecule has 0 aliphatic heterocycles. The van der Waals surface area contributed by atoms with Gasteiger partial charge in [-0.05, 0) is 67.8 Å². The summed E-state index contributed by atoms with van der Waals surface area (Å²) in [7, 11) is 0. The van der Waals surface area contributed by atoms with Crippen molar-refractivity contribution in [3.8, 4) is 0 Å². The number of nitrogens with two attached hydrogens (primary N) is 1. The van der Waals surface area contributed by atoms with Crippen LogP contribution in [0.5, 0.6) is 0 Å². The molecule has 4 N–H and O–H groups in total. The Balaban J connectivity index is 0.000000290. The molecule has 1 saturated carbocycles. The molecule has 154 valence electrons. The summed E-state index contributed by atoms with van der Waals surface area (Å²) in [5, 5.41) is 12.9. The maximum atomic E-state index is 12.3. The molecule has 1 aliphatic rings. The standard InChI is InChI=1S/C16H17N5O.C6H12O/c1-3-21-7-5-11-9-13(20-15(17)14(11)16(21)22)19-12-8-10(2)4-6-18-12;7-5-6-3-1-2-4-6/h4-9H,3H2,1-2H3,(H3,17,18,19,20);6-7H,1-5H2. The van der Waals surface area contributed by atoms with Gasteiger partial charge in [0.25, 0.3) is 5.56 Å². The molecule has 0 spiro atoms. The van der Waals surface area contributed by atoms with Crippen LogP contribution in [-0.2, 0) is 6.54 Å². The molecule has 3 heterocycles.